The Morgan fingerprint density at radius 2 is 0.931 bits per heavy atom. The summed E-state index contributed by atoms with van der Waals surface area (Å²) in [7, 11) is 0. The van der Waals surface area contributed by atoms with Crippen molar-refractivity contribution < 1.29 is 10.2 Å². The average molecular weight is 397 g/mol. The SMILES string of the molecule is CCCCCCc1cc(C)cc(Cc2cc(C)cc(CCCCCC)c2O)c1O. The van der Waals surface area contributed by atoms with Crippen LogP contribution < -0.4 is 0 Å². The fourth-order valence-electron chi connectivity index (χ4n) is 4.21. The van der Waals surface area contributed by atoms with Crippen LogP contribution in [0.1, 0.15) is 98.6 Å². The number of rotatable bonds is 12. The molecular weight excluding hydrogens is 356 g/mol. The second kappa shape index (κ2) is 11.9. The second-order valence-electron chi connectivity index (χ2n) is 8.66. The van der Waals surface area contributed by atoms with E-state index in [0.717, 1.165) is 47.9 Å². The number of benzene rings is 2. The molecule has 0 saturated carbocycles. The van der Waals surface area contributed by atoms with Crippen molar-refractivity contribution in [3.05, 3.63) is 57.6 Å². The zero-order chi connectivity index (χ0) is 21.2. The predicted molar refractivity (Wildman–Crippen MR) is 124 cm³/mol. The summed E-state index contributed by atoms with van der Waals surface area (Å²) in [5.74, 6) is 0.829. The fourth-order valence-corrected chi connectivity index (χ4v) is 4.21. The maximum Gasteiger partial charge on any atom is 0.122 e. The Hall–Kier alpha value is -1.96. The summed E-state index contributed by atoms with van der Waals surface area (Å²) in [5, 5.41) is 21.8. The van der Waals surface area contributed by atoms with Gasteiger partial charge in [-0.2, -0.15) is 0 Å². The van der Waals surface area contributed by atoms with E-state index < -0.39 is 0 Å². The highest BCUT2D eigenvalue weighted by Crippen LogP contribution is 2.33. The normalized spacial score (nSPS) is 11.2. The third-order valence-electron chi connectivity index (χ3n) is 5.80. The van der Waals surface area contributed by atoms with E-state index in [1.54, 1.807) is 0 Å². The largest absolute Gasteiger partial charge is 0.507 e. The standard InChI is InChI=1S/C27H40O2/c1-5-7-9-11-13-22-15-20(3)17-24(26(22)28)19-25-18-21(4)16-23(27(25)29)14-12-10-8-6-2/h15-18,28-29H,5-14,19H2,1-4H3. The molecule has 0 aliphatic heterocycles. The van der Waals surface area contributed by atoms with Crippen molar-refractivity contribution in [3.63, 3.8) is 0 Å². The van der Waals surface area contributed by atoms with Crippen molar-refractivity contribution >= 4 is 0 Å². The summed E-state index contributed by atoms with van der Waals surface area (Å²) in [5.41, 5.74) is 6.29. The van der Waals surface area contributed by atoms with Gasteiger partial charge in [-0.05, 0) is 61.8 Å². The summed E-state index contributed by atoms with van der Waals surface area (Å²) >= 11 is 0. The van der Waals surface area contributed by atoms with Gasteiger partial charge in [0.2, 0.25) is 0 Å². The van der Waals surface area contributed by atoms with Gasteiger partial charge in [0.25, 0.3) is 0 Å². The van der Waals surface area contributed by atoms with Crippen molar-refractivity contribution in [3.8, 4) is 11.5 Å². The van der Waals surface area contributed by atoms with Crippen LogP contribution in [0.15, 0.2) is 24.3 Å². The molecule has 2 N–H and O–H groups in total. The van der Waals surface area contributed by atoms with E-state index in [2.05, 4.69) is 52.0 Å². The van der Waals surface area contributed by atoms with Gasteiger partial charge in [0.1, 0.15) is 11.5 Å². The number of hydrogen-bond donors (Lipinski definition) is 2. The Labute approximate surface area is 178 Å². The molecule has 29 heavy (non-hydrogen) atoms. The molecule has 0 amide bonds. The van der Waals surface area contributed by atoms with Crippen LogP contribution in [0.3, 0.4) is 0 Å². The van der Waals surface area contributed by atoms with Crippen LogP contribution in [0.2, 0.25) is 0 Å². The van der Waals surface area contributed by atoms with Gasteiger partial charge in [0, 0.05) is 6.42 Å². The summed E-state index contributed by atoms with van der Waals surface area (Å²) in [4.78, 5) is 0. The lowest BCUT2D eigenvalue weighted by Crippen LogP contribution is -1.98. The predicted octanol–water partition coefficient (Wildman–Crippen LogP) is 7.55. The van der Waals surface area contributed by atoms with Gasteiger partial charge in [-0.1, -0.05) is 87.8 Å². The van der Waals surface area contributed by atoms with E-state index in [9.17, 15) is 10.2 Å². The topological polar surface area (TPSA) is 40.5 Å². The molecule has 0 saturated heterocycles. The van der Waals surface area contributed by atoms with Gasteiger partial charge >= 0.3 is 0 Å². The first-order valence-electron chi connectivity index (χ1n) is 11.6. The zero-order valence-corrected chi connectivity index (χ0v) is 19.0. The van der Waals surface area contributed by atoms with Gasteiger partial charge in [-0.25, -0.2) is 0 Å². The van der Waals surface area contributed by atoms with Crippen LogP contribution in [0.4, 0.5) is 0 Å². The summed E-state index contributed by atoms with van der Waals surface area (Å²) < 4.78 is 0. The molecule has 0 radical (unpaired) electrons. The maximum absolute atomic E-state index is 10.9. The molecule has 0 fully saturated rings. The average Bonchev–Trinajstić information content (AvgIpc) is 2.69. The third kappa shape index (κ3) is 7.10. The monoisotopic (exact) mass is 396 g/mol. The van der Waals surface area contributed by atoms with Crippen LogP contribution in [-0.2, 0) is 19.3 Å². The Balaban J connectivity index is 2.20. The molecule has 0 aromatic heterocycles. The van der Waals surface area contributed by atoms with E-state index in [1.165, 1.54) is 49.7 Å². The number of unbranched alkanes of at least 4 members (excludes halogenated alkanes) is 6. The van der Waals surface area contributed by atoms with Gasteiger partial charge in [0.15, 0.2) is 0 Å². The van der Waals surface area contributed by atoms with Crippen LogP contribution in [-0.4, -0.2) is 10.2 Å². The minimum atomic E-state index is 0.414. The Morgan fingerprint density at radius 1 is 0.552 bits per heavy atom. The molecule has 2 aromatic rings. The smallest absolute Gasteiger partial charge is 0.122 e. The van der Waals surface area contributed by atoms with E-state index >= 15 is 0 Å². The van der Waals surface area contributed by atoms with Crippen LogP contribution in [0, 0.1) is 13.8 Å². The number of hydrogen-bond acceptors (Lipinski definition) is 2. The molecule has 2 rings (SSSR count). The summed E-state index contributed by atoms with van der Waals surface area (Å²) in [6, 6.07) is 8.35. The zero-order valence-electron chi connectivity index (χ0n) is 19.0. The van der Waals surface area contributed by atoms with Crippen LogP contribution >= 0.6 is 0 Å². The molecule has 0 atom stereocenters. The molecule has 0 heterocycles. The third-order valence-corrected chi connectivity index (χ3v) is 5.80. The first kappa shape index (κ1) is 23.3. The molecule has 0 unspecified atom stereocenters. The lowest BCUT2D eigenvalue weighted by Gasteiger charge is -2.15. The maximum atomic E-state index is 10.9. The Kier molecular flexibility index (Phi) is 9.57. The molecule has 2 heteroatoms. The van der Waals surface area contributed by atoms with Gasteiger partial charge in [0.05, 0.1) is 0 Å². The highest BCUT2D eigenvalue weighted by atomic mass is 16.3. The number of phenolic OH excluding ortho intramolecular Hbond substituents is 2. The van der Waals surface area contributed by atoms with Crippen LogP contribution in [0.5, 0.6) is 11.5 Å². The first-order valence-corrected chi connectivity index (χ1v) is 11.6. The molecule has 2 nitrogen and oxygen atoms in total. The van der Waals surface area contributed by atoms with Crippen LogP contribution in [0.25, 0.3) is 0 Å². The summed E-state index contributed by atoms with van der Waals surface area (Å²) in [6.45, 7) is 8.62. The highest BCUT2D eigenvalue weighted by Gasteiger charge is 2.14. The van der Waals surface area contributed by atoms with E-state index in [1.807, 2.05) is 0 Å². The lowest BCUT2D eigenvalue weighted by atomic mass is 9.93. The number of aryl methyl sites for hydroxylation is 4. The highest BCUT2D eigenvalue weighted by molar-refractivity contribution is 5.50. The van der Waals surface area contributed by atoms with Gasteiger partial charge < -0.3 is 10.2 Å². The van der Waals surface area contributed by atoms with Crippen molar-refractivity contribution in [1.29, 1.82) is 0 Å². The van der Waals surface area contributed by atoms with E-state index in [4.69, 9.17) is 0 Å². The minimum Gasteiger partial charge on any atom is -0.507 e. The summed E-state index contributed by atoms with van der Waals surface area (Å²) in [6.07, 6.45) is 12.0. The molecule has 160 valence electrons. The van der Waals surface area contributed by atoms with Crippen molar-refractivity contribution in [2.24, 2.45) is 0 Å². The molecule has 0 aliphatic carbocycles. The van der Waals surface area contributed by atoms with Crippen molar-refractivity contribution in [1.82, 2.24) is 0 Å². The minimum absolute atomic E-state index is 0.414. The molecule has 2 aromatic carbocycles. The molecule has 0 spiro atoms. The number of phenols is 2. The molecule has 0 bridgehead atoms. The van der Waals surface area contributed by atoms with Gasteiger partial charge in [-0.15, -0.1) is 0 Å². The molecule has 0 aliphatic rings. The molecular formula is C27H40O2. The first-order chi connectivity index (χ1) is 14.0. The van der Waals surface area contributed by atoms with Gasteiger partial charge in [-0.3, -0.25) is 0 Å². The fraction of sp³-hybridized carbons (Fsp3) is 0.556. The Bertz CT molecular complexity index is 711. The van der Waals surface area contributed by atoms with E-state index in [0.29, 0.717) is 17.9 Å². The quantitative estimate of drug-likeness (QED) is 0.364. The van der Waals surface area contributed by atoms with E-state index in [-0.39, 0.29) is 0 Å². The second-order valence-corrected chi connectivity index (χ2v) is 8.66. The van der Waals surface area contributed by atoms with Crippen molar-refractivity contribution in [2.75, 3.05) is 0 Å². The number of aromatic hydroxyl groups is 2. The Morgan fingerprint density at radius 3 is 1.31 bits per heavy atom. The lowest BCUT2D eigenvalue weighted by molar-refractivity contribution is 0.453. The van der Waals surface area contributed by atoms with Crippen molar-refractivity contribution in [2.45, 2.75) is 98.3 Å².